The molecule has 0 bridgehead atoms. The summed E-state index contributed by atoms with van der Waals surface area (Å²) in [6.45, 7) is 0. The van der Waals surface area contributed by atoms with Crippen molar-refractivity contribution in [2.45, 2.75) is 0 Å². The van der Waals surface area contributed by atoms with Crippen LogP contribution < -0.4 is 47.5 Å². The zero-order valence-corrected chi connectivity index (χ0v) is 16.3. The SMILES string of the molecule is [Cl-].[Cl-].[Cl-].[Zr+3][c]1ccc[c]2c1-c1cccc[c]1[SbH]2. The molecule has 0 saturated heterocycles. The van der Waals surface area contributed by atoms with E-state index in [4.69, 9.17) is 0 Å². The second-order valence-corrected chi connectivity index (χ2v) is 8.51. The van der Waals surface area contributed by atoms with Gasteiger partial charge in [0.25, 0.3) is 0 Å². The molecule has 0 fully saturated rings. The van der Waals surface area contributed by atoms with Crippen molar-refractivity contribution < 1.29 is 61.9 Å². The average molecular weight is 472 g/mol. The standard InChI is InChI=1S/C12H7.3ClH.Sb.Zr.H/c1-3-7-11(8-4-1)12-9-5-2-6-10-12;;;;;;/h1-7H;3*1H;;;/q;;;;;+3;/p-3. The molecule has 0 nitrogen and oxygen atoms in total. The first kappa shape index (κ1) is 18.0. The van der Waals surface area contributed by atoms with Crippen LogP contribution in [0.5, 0.6) is 0 Å². The Bertz CT molecular complexity index is 517. The fourth-order valence-electron chi connectivity index (χ4n) is 1.90. The van der Waals surface area contributed by atoms with Crippen LogP contribution in [-0.2, 0) is 24.7 Å². The fourth-order valence-corrected chi connectivity index (χ4v) is 7.63. The van der Waals surface area contributed by atoms with Gasteiger partial charge in [-0.2, -0.15) is 0 Å². The third-order valence-corrected chi connectivity index (χ3v) is 7.53. The van der Waals surface area contributed by atoms with Gasteiger partial charge in [0, 0.05) is 0 Å². The Morgan fingerprint density at radius 3 is 2.18 bits per heavy atom. The van der Waals surface area contributed by atoms with Crippen LogP contribution in [0.2, 0.25) is 0 Å². The van der Waals surface area contributed by atoms with E-state index in [-0.39, 0.29) is 37.2 Å². The number of halogens is 3. The molecule has 2 aromatic carbocycles. The summed E-state index contributed by atoms with van der Waals surface area (Å²) in [6.07, 6.45) is 0. The second kappa shape index (κ2) is 7.56. The van der Waals surface area contributed by atoms with Crippen LogP contribution in [-0.4, -0.2) is 21.6 Å². The molecule has 1 aliphatic heterocycles. The van der Waals surface area contributed by atoms with Crippen molar-refractivity contribution in [1.82, 2.24) is 0 Å². The van der Waals surface area contributed by atoms with Gasteiger partial charge in [0.05, 0.1) is 0 Å². The van der Waals surface area contributed by atoms with E-state index >= 15 is 0 Å². The van der Waals surface area contributed by atoms with Crippen LogP contribution in [0.25, 0.3) is 11.1 Å². The number of hydrogen-bond acceptors (Lipinski definition) is 0. The average Bonchev–Trinajstić information content (AvgIpc) is 2.57. The van der Waals surface area contributed by atoms with Gasteiger partial charge in [0.2, 0.25) is 0 Å². The summed E-state index contributed by atoms with van der Waals surface area (Å²) < 4.78 is 4.85. The van der Waals surface area contributed by atoms with Crippen molar-refractivity contribution >= 4 is 31.9 Å². The van der Waals surface area contributed by atoms with E-state index in [1.54, 1.807) is 37.3 Å². The second-order valence-electron chi connectivity index (χ2n) is 3.40. The normalized spacial score (nSPS) is 10.2. The first-order chi connectivity index (χ1) is 6.86. The molecule has 86 valence electrons. The molecule has 0 amide bonds. The van der Waals surface area contributed by atoms with Crippen molar-refractivity contribution in [3.05, 3.63) is 42.5 Å². The molecule has 2 aromatic rings. The summed E-state index contributed by atoms with van der Waals surface area (Å²) in [6, 6.07) is 15.7. The molecule has 5 heteroatoms. The predicted octanol–water partition coefficient (Wildman–Crippen LogP) is -8.76. The van der Waals surface area contributed by atoms with Crippen molar-refractivity contribution in [2.75, 3.05) is 0 Å². The van der Waals surface area contributed by atoms with Crippen molar-refractivity contribution in [2.24, 2.45) is 0 Å². The Kier molecular flexibility index (Phi) is 8.01. The van der Waals surface area contributed by atoms with Crippen molar-refractivity contribution in [3.63, 3.8) is 0 Å². The maximum absolute atomic E-state index is 2.33. The fraction of sp³-hybridized carbons (Fsp3) is 0. The molecule has 0 spiro atoms. The van der Waals surface area contributed by atoms with E-state index in [1.165, 1.54) is 8.83 Å². The molecule has 0 saturated carbocycles. The monoisotopic (exact) mass is 468 g/mol. The first-order valence-electron chi connectivity index (χ1n) is 4.57. The molecule has 3 rings (SSSR count). The van der Waals surface area contributed by atoms with Crippen LogP contribution >= 0.6 is 0 Å². The molecular weight excluding hydrogens is 463 g/mol. The molecule has 0 unspecified atom stereocenters. The topological polar surface area (TPSA) is 0 Å². The Balaban J connectivity index is 0.000000853. The minimum atomic E-state index is -0.455. The molecular formula is C12H8Cl3SbZr. The quantitative estimate of drug-likeness (QED) is 0.286. The summed E-state index contributed by atoms with van der Waals surface area (Å²) in [7, 11) is 0. The number of hydrogen-bond donors (Lipinski definition) is 0. The van der Waals surface area contributed by atoms with Crippen LogP contribution in [0, 0.1) is 0 Å². The molecule has 1 aliphatic rings. The number of rotatable bonds is 0. The molecule has 0 N–H and O–H groups in total. The Morgan fingerprint density at radius 1 is 0.765 bits per heavy atom. The van der Waals surface area contributed by atoms with Gasteiger partial charge in [-0.25, -0.2) is 0 Å². The van der Waals surface area contributed by atoms with E-state index in [9.17, 15) is 0 Å². The van der Waals surface area contributed by atoms with Gasteiger partial charge in [-0.1, -0.05) is 0 Å². The zero-order valence-electron chi connectivity index (χ0n) is 8.68. The first-order valence-corrected chi connectivity index (χ1v) is 8.65. The third kappa shape index (κ3) is 3.31. The summed E-state index contributed by atoms with van der Waals surface area (Å²) in [5, 5.41) is 0. The molecule has 0 aliphatic carbocycles. The van der Waals surface area contributed by atoms with E-state index in [0.29, 0.717) is 0 Å². The zero-order chi connectivity index (χ0) is 9.54. The summed E-state index contributed by atoms with van der Waals surface area (Å²) in [5.74, 6) is 0. The Labute approximate surface area is 146 Å². The maximum atomic E-state index is 2.33. The molecule has 0 aromatic heterocycles. The Hall–Kier alpha value is 1.01. The van der Waals surface area contributed by atoms with Gasteiger partial charge in [-0.15, -0.1) is 0 Å². The molecule has 1 heterocycles. The van der Waals surface area contributed by atoms with E-state index < -0.39 is 21.6 Å². The van der Waals surface area contributed by atoms with Crippen molar-refractivity contribution in [3.8, 4) is 11.1 Å². The molecule has 0 radical (unpaired) electrons. The predicted molar refractivity (Wildman–Crippen MR) is 57.9 cm³/mol. The van der Waals surface area contributed by atoms with E-state index in [0.717, 1.165) is 0 Å². The third-order valence-electron chi connectivity index (χ3n) is 2.53. The van der Waals surface area contributed by atoms with Gasteiger partial charge >= 0.3 is 110 Å². The van der Waals surface area contributed by atoms with Gasteiger partial charge in [-0.05, 0) is 0 Å². The summed E-state index contributed by atoms with van der Waals surface area (Å²) >= 11 is 1.09. The van der Waals surface area contributed by atoms with E-state index in [1.807, 2.05) is 0 Å². The summed E-state index contributed by atoms with van der Waals surface area (Å²) in [5.41, 5.74) is 3.11. The Morgan fingerprint density at radius 2 is 1.41 bits per heavy atom. The number of fused-ring (bicyclic) bond motifs is 3. The molecule has 0 atom stereocenters. The van der Waals surface area contributed by atoms with Gasteiger partial charge in [-0.3, -0.25) is 0 Å². The summed E-state index contributed by atoms with van der Waals surface area (Å²) in [4.78, 5) is 0. The minimum absolute atomic E-state index is 0. The van der Waals surface area contributed by atoms with Crippen LogP contribution in [0.3, 0.4) is 0 Å². The van der Waals surface area contributed by atoms with Crippen LogP contribution in [0.1, 0.15) is 0 Å². The molecule has 17 heavy (non-hydrogen) atoms. The van der Waals surface area contributed by atoms with Crippen LogP contribution in [0.15, 0.2) is 42.5 Å². The van der Waals surface area contributed by atoms with E-state index in [2.05, 4.69) is 42.5 Å². The number of benzene rings is 2. The van der Waals surface area contributed by atoms with Gasteiger partial charge in [0.15, 0.2) is 0 Å². The van der Waals surface area contributed by atoms with Crippen LogP contribution in [0.4, 0.5) is 0 Å². The van der Waals surface area contributed by atoms with Crippen molar-refractivity contribution in [1.29, 1.82) is 0 Å². The van der Waals surface area contributed by atoms with Gasteiger partial charge < -0.3 is 37.2 Å². The van der Waals surface area contributed by atoms with Gasteiger partial charge in [0.1, 0.15) is 0 Å².